The molecule has 98 valence electrons. The van der Waals surface area contributed by atoms with Crippen LogP contribution in [-0.4, -0.2) is 62.9 Å². The van der Waals surface area contributed by atoms with Crippen LogP contribution in [0.2, 0.25) is 0 Å². The van der Waals surface area contributed by atoms with E-state index < -0.39 is 5.60 Å². The highest BCUT2D eigenvalue weighted by Crippen LogP contribution is 2.27. The van der Waals surface area contributed by atoms with Crippen LogP contribution >= 0.6 is 0 Å². The second-order valence-electron chi connectivity index (χ2n) is 4.85. The second kappa shape index (κ2) is 5.33. The molecule has 0 bridgehead atoms. The molecular weight excluding hydrogens is 220 g/mol. The third-order valence-electron chi connectivity index (χ3n) is 3.96. The summed E-state index contributed by atoms with van der Waals surface area (Å²) in [6.45, 7) is 3.19. The zero-order chi connectivity index (χ0) is 12.3. The quantitative estimate of drug-likeness (QED) is 0.757. The Hall–Kier alpha value is -0.650. The molecule has 1 unspecified atom stereocenters. The predicted molar refractivity (Wildman–Crippen MR) is 63.8 cm³/mol. The maximum atomic E-state index is 12.5. The average Bonchev–Trinajstić information content (AvgIpc) is 2.87. The number of amides is 1. The Morgan fingerprint density at radius 2 is 2.06 bits per heavy atom. The highest BCUT2D eigenvalue weighted by molar-refractivity contribution is 5.85. The molecule has 2 saturated heterocycles. The summed E-state index contributed by atoms with van der Waals surface area (Å²) in [5.41, 5.74) is -0.603. The van der Waals surface area contributed by atoms with Gasteiger partial charge in [0, 0.05) is 27.3 Å². The third-order valence-corrected chi connectivity index (χ3v) is 3.96. The molecule has 2 fully saturated rings. The van der Waals surface area contributed by atoms with Crippen LogP contribution in [0.25, 0.3) is 0 Å². The summed E-state index contributed by atoms with van der Waals surface area (Å²) in [5.74, 6) is 0.140. The fourth-order valence-electron chi connectivity index (χ4n) is 2.73. The van der Waals surface area contributed by atoms with Crippen LogP contribution in [0.15, 0.2) is 0 Å². The van der Waals surface area contributed by atoms with Crippen molar-refractivity contribution in [3.05, 3.63) is 0 Å². The van der Waals surface area contributed by atoms with Crippen LogP contribution < -0.4 is 5.32 Å². The fraction of sp³-hybridized carbons (Fsp3) is 0.917. The molecule has 2 aliphatic heterocycles. The molecule has 0 aromatic heterocycles. The molecule has 1 amide bonds. The topological polar surface area (TPSA) is 50.8 Å². The van der Waals surface area contributed by atoms with Gasteiger partial charge in [0.1, 0.15) is 5.60 Å². The van der Waals surface area contributed by atoms with Crippen molar-refractivity contribution in [3.8, 4) is 0 Å². The van der Waals surface area contributed by atoms with Crippen molar-refractivity contribution in [2.24, 2.45) is 0 Å². The fourth-order valence-corrected chi connectivity index (χ4v) is 2.73. The van der Waals surface area contributed by atoms with Gasteiger partial charge in [0.15, 0.2) is 0 Å². The normalized spacial score (nSPS) is 28.4. The van der Waals surface area contributed by atoms with Crippen molar-refractivity contribution in [1.82, 2.24) is 10.2 Å². The lowest BCUT2D eigenvalue weighted by Gasteiger charge is -2.37. The molecule has 1 N–H and O–H groups in total. The number of piperidine rings is 1. The van der Waals surface area contributed by atoms with Crippen molar-refractivity contribution < 1.29 is 14.3 Å². The number of likely N-dealkylation sites (tertiary alicyclic amines) is 1. The summed E-state index contributed by atoms with van der Waals surface area (Å²) in [6, 6.07) is 0. The van der Waals surface area contributed by atoms with Gasteiger partial charge in [-0.3, -0.25) is 4.79 Å². The van der Waals surface area contributed by atoms with Crippen LogP contribution in [0.1, 0.15) is 19.3 Å². The van der Waals surface area contributed by atoms with E-state index in [9.17, 15) is 4.79 Å². The number of carbonyl (C=O) groups excluding carboxylic acids is 1. The highest BCUT2D eigenvalue weighted by atomic mass is 16.5. The number of nitrogens with zero attached hydrogens (tertiary/aromatic N) is 1. The Kier molecular flexibility index (Phi) is 4.01. The minimum atomic E-state index is -0.603. The number of ether oxygens (including phenoxy) is 2. The van der Waals surface area contributed by atoms with Crippen molar-refractivity contribution in [3.63, 3.8) is 0 Å². The summed E-state index contributed by atoms with van der Waals surface area (Å²) >= 11 is 0. The van der Waals surface area contributed by atoms with E-state index in [0.29, 0.717) is 6.54 Å². The molecule has 0 radical (unpaired) electrons. The van der Waals surface area contributed by atoms with Crippen molar-refractivity contribution in [1.29, 1.82) is 0 Å². The van der Waals surface area contributed by atoms with Gasteiger partial charge in [0.25, 0.3) is 5.91 Å². The first-order valence-electron chi connectivity index (χ1n) is 6.30. The Labute approximate surface area is 102 Å². The lowest BCUT2D eigenvalue weighted by Crippen LogP contribution is -2.55. The Morgan fingerprint density at radius 3 is 2.59 bits per heavy atom. The minimum Gasteiger partial charge on any atom is -0.380 e. The van der Waals surface area contributed by atoms with E-state index in [1.54, 1.807) is 14.2 Å². The molecule has 2 rings (SSSR count). The molecule has 5 nitrogen and oxygen atoms in total. The van der Waals surface area contributed by atoms with Gasteiger partial charge in [-0.25, -0.2) is 0 Å². The summed E-state index contributed by atoms with van der Waals surface area (Å²) in [5, 5.41) is 3.26. The first kappa shape index (κ1) is 12.8. The number of methoxy groups -OCH3 is 2. The zero-order valence-electron chi connectivity index (χ0n) is 10.7. The number of hydrogen-bond acceptors (Lipinski definition) is 4. The zero-order valence-corrected chi connectivity index (χ0v) is 10.7. The lowest BCUT2D eigenvalue weighted by molar-refractivity contribution is -0.157. The molecule has 2 aliphatic rings. The number of hydrogen-bond donors (Lipinski definition) is 1. The van der Waals surface area contributed by atoms with Gasteiger partial charge < -0.3 is 19.7 Å². The van der Waals surface area contributed by atoms with Gasteiger partial charge in [-0.1, -0.05) is 0 Å². The van der Waals surface area contributed by atoms with Gasteiger partial charge in [0.05, 0.1) is 6.10 Å². The maximum absolute atomic E-state index is 12.5. The molecule has 0 aromatic carbocycles. The molecule has 0 aromatic rings. The molecule has 2 heterocycles. The van der Waals surface area contributed by atoms with E-state index in [-0.39, 0.29) is 12.0 Å². The van der Waals surface area contributed by atoms with E-state index >= 15 is 0 Å². The molecule has 5 heteroatoms. The predicted octanol–water partition coefficient (Wildman–Crippen LogP) is 0.00230. The Balaban J connectivity index is 2.02. The van der Waals surface area contributed by atoms with Crippen LogP contribution in [0.3, 0.4) is 0 Å². The van der Waals surface area contributed by atoms with E-state index in [2.05, 4.69) is 5.32 Å². The van der Waals surface area contributed by atoms with Gasteiger partial charge >= 0.3 is 0 Å². The smallest absolute Gasteiger partial charge is 0.254 e. The average molecular weight is 242 g/mol. The van der Waals surface area contributed by atoms with Crippen LogP contribution in [0, 0.1) is 0 Å². The van der Waals surface area contributed by atoms with Crippen molar-refractivity contribution in [2.45, 2.75) is 31.0 Å². The van der Waals surface area contributed by atoms with Gasteiger partial charge in [-0.15, -0.1) is 0 Å². The molecular formula is C12H22N2O3. The number of nitrogens with one attached hydrogen (secondary N) is 1. The summed E-state index contributed by atoms with van der Waals surface area (Å²) in [7, 11) is 3.35. The van der Waals surface area contributed by atoms with Crippen molar-refractivity contribution >= 4 is 5.91 Å². The number of rotatable bonds is 3. The molecule has 17 heavy (non-hydrogen) atoms. The minimum absolute atomic E-state index is 0.140. The van der Waals surface area contributed by atoms with Gasteiger partial charge in [0.2, 0.25) is 0 Å². The van der Waals surface area contributed by atoms with Gasteiger partial charge in [-0.2, -0.15) is 0 Å². The summed E-state index contributed by atoms with van der Waals surface area (Å²) in [4.78, 5) is 14.4. The van der Waals surface area contributed by atoms with E-state index in [1.165, 1.54) is 0 Å². The van der Waals surface area contributed by atoms with Crippen LogP contribution in [-0.2, 0) is 14.3 Å². The second-order valence-corrected chi connectivity index (χ2v) is 4.85. The standard InChI is InChI=1S/C12H22N2O3/c1-16-10-3-8-14(9-10)11(15)12(17-2)4-6-13-7-5-12/h10,13H,3-9H2,1-2H3. The lowest BCUT2D eigenvalue weighted by atomic mass is 9.90. The van der Waals surface area contributed by atoms with E-state index in [4.69, 9.17) is 9.47 Å². The van der Waals surface area contributed by atoms with Crippen molar-refractivity contribution in [2.75, 3.05) is 40.4 Å². The highest BCUT2D eigenvalue weighted by Gasteiger charge is 2.44. The van der Waals surface area contributed by atoms with Gasteiger partial charge in [-0.05, 0) is 32.4 Å². The monoisotopic (exact) mass is 242 g/mol. The molecule has 0 spiro atoms. The Bertz CT molecular complexity index is 277. The largest absolute Gasteiger partial charge is 0.380 e. The summed E-state index contributed by atoms with van der Waals surface area (Å²) < 4.78 is 10.8. The molecule has 1 atom stereocenters. The van der Waals surface area contributed by atoms with E-state index in [1.807, 2.05) is 4.90 Å². The number of carbonyl (C=O) groups is 1. The summed E-state index contributed by atoms with van der Waals surface area (Å²) in [6.07, 6.45) is 2.64. The van der Waals surface area contributed by atoms with Crippen LogP contribution in [0.4, 0.5) is 0 Å². The third kappa shape index (κ3) is 2.46. The van der Waals surface area contributed by atoms with Crippen LogP contribution in [0.5, 0.6) is 0 Å². The van der Waals surface area contributed by atoms with E-state index in [0.717, 1.165) is 38.9 Å². The Morgan fingerprint density at radius 1 is 1.35 bits per heavy atom. The first-order chi connectivity index (χ1) is 8.22. The molecule has 0 aliphatic carbocycles. The molecule has 0 saturated carbocycles. The first-order valence-corrected chi connectivity index (χ1v) is 6.30. The maximum Gasteiger partial charge on any atom is 0.254 e. The SMILES string of the molecule is COC1CCN(C(=O)C2(OC)CCNCC2)C1.